The Kier molecular flexibility index (Phi) is 16.4. The predicted molar refractivity (Wildman–Crippen MR) is 78.3 cm³/mol. The van der Waals surface area contributed by atoms with Crippen molar-refractivity contribution in [1.29, 1.82) is 0 Å². The van der Waals surface area contributed by atoms with Crippen molar-refractivity contribution in [3.63, 3.8) is 0 Å². The molecule has 0 amide bonds. The second-order valence-corrected chi connectivity index (χ2v) is 3.95. The number of hydrogen-bond donors (Lipinski definition) is 0. The van der Waals surface area contributed by atoms with Crippen LogP contribution in [0.1, 0.15) is 0 Å². The van der Waals surface area contributed by atoms with Gasteiger partial charge >= 0.3 is 0 Å². The SMILES string of the molecule is F[C-](F)F.F[C-](F)F.F[C-](F)F.[Ni].c1cnn([B-](n2cccn2)n2cccn2)c1. The molecule has 29 heavy (non-hydrogen) atoms. The quantitative estimate of drug-likeness (QED) is 0.322. The molecular weight excluding hydrogens is 469 g/mol. The van der Waals surface area contributed by atoms with Crippen molar-refractivity contribution in [2.45, 2.75) is 0 Å². The minimum atomic E-state index is -3.08. The molecule has 0 saturated carbocycles. The van der Waals surface area contributed by atoms with Gasteiger partial charge in [-0.2, -0.15) is 0 Å². The fourth-order valence-corrected chi connectivity index (χ4v) is 1.62. The topological polar surface area (TPSA) is 53.5 Å². The van der Waals surface area contributed by atoms with Gasteiger partial charge in [0, 0.05) is 35.1 Å². The van der Waals surface area contributed by atoms with E-state index in [4.69, 9.17) is 0 Å². The second-order valence-electron chi connectivity index (χ2n) is 3.95. The van der Waals surface area contributed by atoms with E-state index < -0.39 is 20.0 Å². The molecule has 167 valence electrons. The van der Waals surface area contributed by atoms with Gasteiger partial charge in [0.05, 0.1) is 0 Å². The minimum Gasteiger partial charge on any atom is -0.425 e. The summed E-state index contributed by atoms with van der Waals surface area (Å²) in [7, 11) is -0.194. The van der Waals surface area contributed by atoms with E-state index in [1.54, 1.807) is 32.4 Å². The Bertz CT molecular complexity index is 581. The molecule has 0 aromatic carbocycles. The molecule has 3 aromatic heterocycles. The molecule has 3 heterocycles. The van der Waals surface area contributed by atoms with Gasteiger partial charge in [0.1, 0.15) is 0 Å². The fraction of sp³-hybridized carbons (Fsp3) is 0. The van der Waals surface area contributed by atoms with Crippen molar-refractivity contribution in [3.05, 3.63) is 75.4 Å². The van der Waals surface area contributed by atoms with Crippen molar-refractivity contribution in [1.82, 2.24) is 29.1 Å². The molecule has 17 heteroatoms. The number of nitrogens with zero attached hydrogens (tertiary/aromatic N) is 6. The molecule has 0 aliphatic heterocycles. The summed E-state index contributed by atoms with van der Waals surface area (Å²) in [6, 6.07) is 5.62. The van der Waals surface area contributed by atoms with Crippen molar-refractivity contribution < 1.29 is 56.0 Å². The number of hydrogen-bond acceptors (Lipinski definition) is 3. The normalized spacial score (nSPS) is 9.83. The van der Waals surface area contributed by atoms with Gasteiger partial charge in [-0.3, -0.25) is 0 Å². The van der Waals surface area contributed by atoms with Crippen LogP contribution in [0.2, 0.25) is 0 Å². The molecule has 0 saturated heterocycles. The summed E-state index contributed by atoms with van der Waals surface area (Å²) in [4.78, 5) is 0. The Morgan fingerprint density at radius 2 is 0.724 bits per heavy atom. The first-order chi connectivity index (χ1) is 13.1. The van der Waals surface area contributed by atoms with Crippen LogP contribution in [-0.2, 0) is 16.5 Å². The van der Waals surface area contributed by atoms with Gasteiger partial charge < -0.3 is 53.3 Å². The van der Waals surface area contributed by atoms with Gasteiger partial charge in [-0.15, -0.1) is 0 Å². The second kappa shape index (κ2) is 16.5. The van der Waals surface area contributed by atoms with Crippen LogP contribution < -0.4 is 0 Å². The zero-order valence-electron chi connectivity index (χ0n) is 13.7. The summed E-state index contributed by atoms with van der Waals surface area (Å²) in [5.41, 5.74) is 0. The van der Waals surface area contributed by atoms with Crippen LogP contribution in [-0.4, -0.2) is 36.2 Å². The summed E-state index contributed by atoms with van der Waals surface area (Å²) in [6.45, 7) is -9.25. The Morgan fingerprint density at radius 1 is 0.517 bits per heavy atom. The molecule has 3 rings (SSSR count). The third-order valence-corrected chi connectivity index (χ3v) is 2.28. The third kappa shape index (κ3) is 15.2. The van der Waals surface area contributed by atoms with E-state index in [9.17, 15) is 39.5 Å². The third-order valence-electron chi connectivity index (χ3n) is 2.28. The van der Waals surface area contributed by atoms with Gasteiger partial charge in [-0.1, -0.05) is 0 Å². The van der Waals surface area contributed by atoms with E-state index in [0.29, 0.717) is 0 Å². The Balaban J connectivity index is 0. The molecule has 0 aliphatic rings. The molecular formula is C12H9BF9N6Ni-4. The summed E-state index contributed by atoms with van der Waals surface area (Å²) >= 11 is 0. The van der Waals surface area contributed by atoms with E-state index in [-0.39, 0.29) is 23.6 Å². The first-order valence-electron chi connectivity index (χ1n) is 6.62. The summed E-state index contributed by atoms with van der Waals surface area (Å²) in [6.07, 6.45) is 10.9. The van der Waals surface area contributed by atoms with E-state index >= 15 is 0 Å². The van der Waals surface area contributed by atoms with Crippen LogP contribution in [0.25, 0.3) is 0 Å². The monoisotopic (exact) mass is 477 g/mol. The molecule has 0 fully saturated rings. The van der Waals surface area contributed by atoms with Crippen LogP contribution in [0.4, 0.5) is 39.5 Å². The first-order valence-corrected chi connectivity index (χ1v) is 6.62. The predicted octanol–water partition coefficient (Wildman–Crippen LogP) is 4.23. The van der Waals surface area contributed by atoms with Crippen LogP contribution in [0.15, 0.2) is 55.4 Å². The van der Waals surface area contributed by atoms with Crippen LogP contribution in [0.5, 0.6) is 0 Å². The maximum atomic E-state index is 9.58. The van der Waals surface area contributed by atoms with E-state index in [2.05, 4.69) is 15.3 Å². The van der Waals surface area contributed by atoms with E-state index in [1.165, 1.54) is 0 Å². The van der Waals surface area contributed by atoms with Crippen LogP contribution in [0, 0.1) is 20.0 Å². The van der Waals surface area contributed by atoms with Gasteiger partial charge in [0.2, 0.25) is 0 Å². The van der Waals surface area contributed by atoms with Crippen molar-refractivity contribution in [2.75, 3.05) is 0 Å². The van der Waals surface area contributed by atoms with Gasteiger partial charge in [-0.25, -0.2) is 15.3 Å². The number of aromatic nitrogens is 6. The van der Waals surface area contributed by atoms with Gasteiger partial charge in [-0.05, 0) is 36.8 Å². The summed E-state index contributed by atoms with van der Waals surface area (Å²) in [5, 5.41) is 12.7. The average Bonchev–Trinajstić information content (AvgIpc) is 3.31. The molecule has 3 aromatic rings. The van der Waals surface area contributed by atoms with Crippen molar-refractivity contribution in [3.8, 4) is 0 Å². The molecule has 0 atom stereocenters. The number of halogens is 9. The minimum absolute atomic E-state index is 0. The van der Waals surface area contributed by atoms with E-state index in [0.717, 1.165) is 0 Å². The summed E-state index contributed by atoms with van der Waals surface area (Å²) < 4.78 is 91.6. The summed E-state index contributed by atoms with van der Waals surface area (Å²) in [5.74, 6) is 0. The zero-order chi connectivity index (χ0) is 21.5. The van der Waals surface area contributed by atoms with Crippen LogP contribution >= 0.6 is 0 Å². The van der Waals surface area contributed by atoms with E-state index in [1.807, 2.05) is 36.8 Å². The molecule has 0 bridgehead atoms. The smallest absolute Gasteiger partial charge is 0.260 e. The molecule has 1 radical (unpaired) electrons. The molecule has 0 spiro atoms. The van der Waals surface area contributed by atoms with Gasteiger partial charge in [0.25, 0.3) is 7.12 Å². The maximum Gasteiger partial charge on any atom is 0.260 e. The molecule has 0 unspecified atom stereocenters. The molecule has 0 aliphatic carbocycles. The average molecular weight is 478 g/mol. The van der Waals surface area contributed by atoms with Crippen molar-refractivity contribution in [2.24, 2.45) is 0 Å². The molecule has 0 N–H and O–H groups in total. The largest absolute Gasteiger partial charge is 0.425 e. The number of rotatable bonds is 3. The van der Waals surface area contributed by atoms with Crippen molar-refractivity contribution >= 4 is 7.12 Å². The van der Waals surface area contributed by atoms with Gasteiger partial charge in [0.15, 0.2) is 20.0 Å². The Labute approximate surface area is 168 Å². The standard InChI is InChI=1S/C9H9BN6.3CF3.Ni/c1-4-11-14(7-1)10(15-8-2-5-12-15)16-9-3-6-13-16;3*2-1(3)4;/h1-9H;;;;/q4*-1;. The zero-order valence-corrected chi connectivity index (χ0v) is 14.7. The Morgan fingerprint density at radius 3 is 0.862 bits per heavy atom. The first kappa shape index (κ1) is 28.8. The van der Waals surface area contributed by atoms with Crippen LogP contribution in [0.3, 0.4) is 0 Å². The Hall–Kier alpha value is -2.44. The maximum absolute atomic E-state index is 9.58. The molecule has 6 nitrogen and oxygen atoms in total. The fourth-order valence-electron chi connectivity index (χ4n) is 1.62.